The summed E-state index contributed by atoms with van der Waals surface area (Å²) < 4.78 is 0. The average Bonchev–Trinajstić information content (AvgIpc) is 3.32. The Bertz CT molecular complexity index is 702. The number of rotatable bonds is 3. The van der Waals surface area contributed by atoms with Gasteiger partial charge in [0.05, 0.1) is 0 Å². The molecule has 0 saturated carbocycles. The van der Waals surface area contributed by atoms with Gasteiger partial charge in [-0.1, -0.05) is 42.5 Å². The van der Waals surface area contributed by atoms with Gasteiger partial charge in [-0.2, -0.15) is 0 Å². The highest BCUT2D eigenvalue weighted by atomic mass is 16.2. The number of carbonyl (C=O) groups excluding carboxylic acids is 2. The van der Waals surface area contributed by atoms with Crippen LogP contribution >= 0.6 is 0 Å². The fourth-order valence-corrected chi connectivity index (χ4v) is 4.64. The van der Waals surface area contributed by atoms with Crippen LogP contribution in [0, 0.1) is 5.41 Å². The molecule has 0 radical (unpaired) electrons. The number of benzene rings is 1. The lowest BCUT2D eigenvalue weighted by atomic mass is 9.77. The number of hydrogen-bond acceptors (Lipinski definition) is 2. The zero-order valence-corrected chi connectivity index (χ0v) is 16.0. The fraction of sp³-hybridized carbons (Fsp3) is 0.545. The molecule has 0 bridgehead atoms. The summed E-state index contributed by atoms with van der Waals surface area (Å²) >= 11 is 0. The molecule has 1 spiro atoms. The molecule has 0 aromatic heterocycles. The van der Waals surface area contributed by atoms with E-state index in [-0.39, 0.29) is 17.4 Å². The third-order valence-electron chi connectivity index (χ3n) is 6.31. The van der Waals surface area contributed by atoms with Crippen molar-refractivity contribution in [2.24, 2.45) is 5.41 Å². The average molecular weight is 367 g/mol. The summed E-state index contributed by atoms with van der Waals surface area (Å²) in [6.07, 6.45) is 8.94. The fourth-order valence-electron chi connectivity index (χ4n) is 4.64. The van der Waals surface area contributed by atoms with Crippen LogP contribution in [-0.2, 0) is 4.79 Å². The molecule has 1 aromatic carbocycles. The monoisotopic (exact) mass is 367 g/mol. The van der Waals surface area contributed by atoms with Gasteiger partial charge in [-0.3, -0.25) is 4.79 Å². The summed E-state index contributed by atoms with van der Waals surface area (Å²) in [4.78, 5) is 31.1. The maximum absolute atomic E-state index is 12.6. The van der Waals surface area contributed by atoms with Gasteiger partial charge in [0.2, 0.25) is 5.91 Å². The van der Waals surface area contributed by atoms with Crippen molar-refractivity contribution in [2.45, 2.75) is 32.1 Å². The lowest BCUT2D eigenvalue weighted by Gasteiger charge is -2.40. The Morgan fingerprint density at radius 3 is 2.37 bits per heavy atom. The van der Waals surface area contributed by atoms with E-state index in [9.17, 15) is 9.59 Å². The predicted octanol–water partition coefficient (Wildman–Crippen LogP) is 3.23. The molecule has 3 amide bonds. The lowest BCUT2D eigenvalue weighted by Crippen LogP contribution is -2.48. The van der Waals surface area contributed by atoms with Gasteiger partial charge in [-0.25, -0.2) is 4.79 Å². The minimum absolute atomic E-state index is 0.0689. The largest absolute Gasteiger partial charge is 0.338 e. The molecule has 3 aliphatic rings. The minimum Gasteiger partial charge on any atom is -0.338 e. The van der Waals surface area contributed by atoms with E-state index in [1.54, 1.807) is 0 Å². The van der Waals surface area contributed by atoms with Crippen LogP contribution in [0.4, 0.5) is 4.79 Å². The van der Waals surface area contributed by atoms with Crippen LogP contribution in [0.25, 0.3) is 6.08 Å². The second-order valence-corrected chi connectivity index (χ2v) is 8.23. The maximum atomic E-state index is 12.6. The molecule has 3 fully saturated rings. The second-order valence-electron chi connectivity index (χ2n) is 8.23. The molecule has 5 nitrogen and oxygen atoms in total. The Morgan fingerprint density at radius 1 is 1.00 bits per heavy atom. The standard InChI is InChI=1S/C22H29N3O2/c26-20-17-22(18-25(20)14-6-9-19-7-2-1-3-8-19)10-15-24(16-11-22)21(27)23-12-4-5-13-23/h1-3,6-9H,4-5,10-18H2. The highest BCUT2D eigenvalue weighted by Crippen LogP contribution is 2.41. The van der Waals surface area contributed by atoms with Crippen molar-refractivity contribution < 1.29 is 9.59 Å². The molecule has 3 heterocycles. The quantitative estimate of drug-likeness (QED) is 0.823. The lowest BCUT2D eigenvalue weighted by molar-refractivity contribution is -0.127. The Morgan fingerprint density at radius 2 is 1.67 bits per heavy atom. The van der Waals surface area contributed by atoms with Crippen molar-refractivity contribution in [1.29, 1.82) is 0 Å². The molecular formula is C22H29N3O2. The van der Waals surface area contributed by atoms with Crippen molar-refractivity contribution in [1.82, 2.24) is 14.7 Å². The van der Waals surface area contributed by atoms with E-state index >= 15 is 0 Å². The number of urea groups is 1. The number of amides is 3. The van der Waals surface area contributed by atoms with Crippen LogP contribution in [0.15, 0.2) is 36.4 Å². The van der Waals surface area contributed by atoms with Gasteiger partial charge >= 0.3 is 6.03 Å². The van der Waals surface area contributed by atoms with Crippen LogP contribution in [0.5, 0.6) is 0 Å². The molecule has 0 atom stereocenters. The summed E-state index contributed by atoms with van der Waals surface area (Å²) in [7, 11) is 0. The van der Waals surface area contributed by atoms with Gasteiger partial charge in [0, 0.05) is 51.1 Å². The van der Waals surface area contributed by atoms with Gasteiger partial charge in [0.25, 0.3) is 0 Å². The highest BCUT2D eigenvalue weighted by Gasteiger charge is 2.45. The summed E-state index contributed by atoms with van der Waals surface area (Å²) in [6.45, 7) is 4.89. The third kappa shape index (κ3) is 4.02. The molecule has 0 aliphatic carbocycles. The predicted molar refractivity (Wildman–Crippen MR) is 106 cm³/mol. The van der Waals surface area contributed by atoms with E-state index in [0.29, 0.717) is 13.0 Å². The minimum atomic E-state index is 0.0689. The first-order valence-corrected chi connectivity index (χ1v) is 10.2. The van der Waals surface area contributed by atoms with Crippen LogP contribution in [0.3, 0.4) is 0 Å². The molecule has 144 valence electrons. The summed E-state index contributed by atoms with van der Waals surface area (Å²) in [5, 5.41) is 0. The summed E-state index contributed by atoms with van der Waals surface area (Å²) in [5.41, 5.74) is 1.23. The van der Waals surface area contributed by atoms with Crippen molar-refractivity contribution in [3.8, 4) is 0 Å². The van der Waals surface area contributed by atoms with E-state index in [0.717, 1.165) is 64.0 Å². The maximum Gasteiger partial charge on any atom is 0.319 e. The smallest absolute Gasteiger partial charge is 0.319 e. The number of likely N-dealkylation sites (tertiary alicyclic amines) is 3. The number of carbonyl (C=O) groups is 2. The molecule has 3 saturated heterocycles. The van der Waals surface area contributed by atoms with E-state index in [1.165, 1.54) is 0 Å². The van der Waals surface area contributed by atoms with Crippen molar-refractivity contribution in [3.05, 3.63) is 42.0 Å². The van der Waals surface area contributed by atoms with Crippen molar-refractivity contribution in [3.63, 3.8) is 0 Å². The molecule has 27 heavy (non-hydrogen) atoms. The summed E-state index contributed by atoms with van der Waals surface area (Å²) in [6, 6.07) is 10.4. The van der Waals surface area contributed by atoms with E-state index in [2.05, 4.69) is 24.3 Å². The first-order valence-electron chi connectivity index (χ1n) is 10.2. The molecular weight excluding hydrogens is 338 g/mol. The van der Waals surface area contributed by atoms with E-state index < -0.39 is 0 Å². The Kier molecular flexibility index (Phi) is 5.19. The Balaban J connectivity index is 1.30. The molecule has 4 rings (SSSR count). The number of piperidine rings is 1. The highest BCUT2D eigenvalue weighted by molar-refractivity contribution is 5.80. The van der Waals surface area contributed by atoms with Crippen LogP contribution in [-0.4, -0.2) is 65.9 Å². The molecule has 0 unspecified atom stereocenters. The van der Waals surface area contributed by atoms with Crippen LogP contribution in [0.1, 0.15) is 37.7 Å². The topological polar surface area (TPSA) is 43.9 Å². The van der Waals surface area contributed by atoms with E-state index in [4.69, 9.17) is 0 Å². The molecule has 0 N–H and O–H groups in total. The van der Waals surface area contributed by atoms with Crippen LogP contribution in [0.2, 0.25) is 0 Å². The molecule has 3 aliphatic heterocycles. The van der Waals surface area contributed by atoms with Crippen molar-refractivity contribution in [2.75, 3.05) is 39.3 Å². The first kappa shape index (κ1) is 18.1. The Labute approximate surface area is 161 Å². The third-order valence-corrected chi connectivity index (χ3v) is 6.31. The van der Waals surface area contributed by atoms with Gasteiger partial charge in [0.1, 0.15) is 0 Å². The van der Waals surface area contributed by atoms with Crippen LogP contribution < -0.4 is 0 Å². The first-order chi connectivity index (χ1) is 13.2. The van der Waals surface area contributed by atoms with E-state index in [1.807, 2.05) is 32.9 Å². The molecule has 5 heteroatoms. The molecule has 1 aromatic rings. The van der Waals surface area contributed by atoms with Gasteiger partial charge in [-0.15, -0.1) is 0 Å². The SMILES string of the molecule is O=C1CC2(CCN(C(=O)N3CCCC3)CC2)CN1CC=Cc1ccccc1. The normalized spacial score (nSPS) is 22.4. The zero-order chi connectivity index (χ0) is 18.7. The van der Waals surface area contributed by atoms with Gasteiger partial charge in [-0.05, 0) is 31.2 Å². The number of hydrogen-bond donors (Lipinski definition) is 0. The Hall–Kier alpha value is -2.30. The van der Waals surface area contributed by atoms with Gasteiger partial charge in [0.15, 0.2) is 0 Å². The zero-order valence-electron chi connectivity index (χ0n) is 16.0. The van der Waals surface area contributed by atoms with Crippen molar-refractivity contribution >= 4 is 18.0 Å². The van der Waals surface area contributed by atoms with Gasteiger partial charge < -0.3 is 14.7 Å². The summed E-state index contributed by atoms with van der Waals surface area (Å²) in [5.74, 6) is 0.257. The second kappa shape index (κ2) is 7.75. The number of nitrogens with zero attached hydrogens (tertiary/aromatic N) is 3.